The molecule has 4 heterocycles. The number of ketones is 2. The van der Waals surface area contributed by atoms with Gasteiger partial charge in [-0.3, -0.25) is 19.3 Å². The number of aliphatic hydroxyl groups is 1. The van der Waals surface area contributed by atoms with Crippen molar-refractivity contribution in [3.05, 3.63) is 81.3 Å². The van der Waals surface area contributed by atoms with Gasteiger partial charge in [0.15, 0.2) is 16.7 Å². The fraction of sp³-hybridized carbons (Fsp3) is 0.344. The van der Waals surface area contributed by atoms with Gasteiger partial charge in [0.25, 0.3) is 5.78 Å². The van der Waals surface area contributed by atoms with E-state index in [1.54, 1.807) is 38.1 Å². The van der Waals surface area contributed by atoms with Crippen LogP contribution in [-0.2, 0) is 9.59 Å². The third-order valence-electron chi connectivity index (χ3n) is 7.53. The Hall–Kier alpha value is -4.31. The zero-order chi connectivity index (χ0) is 30.1. The minimum atomic E-state index is -0.987. The number of imidazole rings is 1. The number of thiazole rings is 1. The third-order valence-corrected chi connectivity index (χ3v) is 8.78. The number of aryl methyl sites for hydroxylation is 3. The van der Waals surface area contributed by atoms with E-state index >= 15 is 0 Å². The summed E-state index contributed by atoms with van der Waals surface area (Å²) in [5.74, 6) is -1.56. The zero-order valence-corrected chi connectivity index (χ0v) is 25.2. The Balaban J connectivity index is 1.62. The standard InChI is InChI=1S/C32H34N4O5S/c1-6-7-8-9-17-41-23-14-12-22(13-15-23)26-24(27(38)25-20(4)35-16-10-11-18(2)30(35)34-25)28(39)31(40)36(26)32-33-19(3)29(42-32)21(5)37/h10-16,26,38H,6-9,17H2,1-5H3. The number of pyridine rings is 1. The number of amides is 1. The number of unbranched alkanes of at least 4 members (excludes halogenated alkanes) is 3. The van der Waals surface area contributed by atoms with E-state index in [9.17, 15) is 19.5 Å². The molecule has 1 fully saturated rings. The summed E-state index contributed by atoms with van der Waals surface area (Å²) in [5.41, 5.74) is 3.37. The molecule has 0 spiro atoms. The van der Waals surface area contributed by atoms with Crippen molar-refractivity contribution in [2.75, 3.05) is 11.5 Å². The maximum Gasteiger partial charge on any atom is 0.301 e. The number of Topliss-reactive ketones (excluding diaryl/α,β-unsaturated/α-hetero) is 2. The summed E-state index contributed by atoms with van der Waals surface area (Å²) in [6.07, 6.45) is 6.19. The van der Waals surface area contributed by atoms with Gasteiger partial charge in [-0.1, -0.05) is 55.7 Å². The SMILES string of the molecule is CCCCCCOc1ccc(C2C(=C(O)c3nc4c(C)cccn4c3C)C(=O)C(=O)N2c2nc(C)c(C(C)=O)s2)cc1. The molecular formula is C32H34N4O5S. The average molecular weight is 587 g/mol. The smallest absolute Gasteiger partial charge is 0.301 e. The predicted octanol–water partition coefficient (Wildman–Crippen LogP) is 6.50. The Labute approximate surface area is 248 Å². The van der Waals surface area contributed by atoms with E-state index in [0.29, 0.717) is 39.8 Å². The van der Waals surface area contributed by atoms with E-state index in [1.165, 1.54) is 11.8 Å². The molecular weight excluding hydrogens is 552 g/mol. The van der Waals surface area contributed by atoms with Crippen molar-refractivity contribution >= 4 is 45.3 Å². The Bertz CT molecular complexity index is 1720. The van der Waals surface area contributed by atoms with Gasteiger partial charge in [-0.25, -0.2) is 9.97 Å². The van der Waals surface area contributed by atoms with E-state index in [-0.39, 0.29) is 27.9 Å². The number of ether oxygens (including phenoxy) is 1. The highest BCUT2D eigenvalue weighted by molar-refractivity contribution is 7.18. The number of hydrogen-bond donors (Lipinski definition) is 1. The average Bonchev–Trinajstić information content (AvgIpc) is 3.60. The van der Waals surface area contributed by atoms with Crippen molar-refractivity contribution in [1.29, 1.82) is 0 Å². The second-order valence-electron chi connectivity index (χ2n) is 10.5. The van der Waals surface area contributed by atoms with Crippen molar-refractivity contribution < 1.29 is 24.2 Å². The van der Waals surface area contributed by atoms with Crippen molar-refractivity contribution in [3.8, 4) is 5.75 Å². The highest BCUT2D eigenvalue weighted by Crippen LogP contribution is 2.44. The van der Waals surface area contributed by atoms with Gasteiger partial charge in [0.1, 0.15) is 17.1 Å². The summed E-state index contributed by atoms with van der Waals surface area (Å²) >= 11 is 1.05. The maximum absolute atomic E-state index is 13.6. The molecule has 0 bridgehead atoms. The van der Waals surface area contributed by atoms with Crippen molar-refractivity contribution in [2.45, 2.75) is 66.3 Å². The van der Waals surface area contributed by atoms with E-state index < -0.39 is 17.7 Å². The van der Waals surface area contributed by atoms with Gasteiger partial charge < -0.3 is 14.2 Å². The second kappa shape index (κ2) is 11.9. The molecule has 0 saturated carbocycles. The molecule has 1 saturated heterocycles. The van der Waals surface area contributed by atoms with E-state index in [4.69, 9.17) is 4.74 Å². The van der Waals surface area contributed by atoms with Crippen LogP contribution in [-0.4, -0.2) is 43.6 Å². The Kier molecular flexibility index (Phi) is 8.27. The number of nitrogens with zero attached hydrogens (tertiary/aromatic N) is 4. The molecule has 0 aliphatic carbocycles. The van der Waals surface area contributed by atoms with Gasteiger partial charge in [-0.15, -0.1) is 0 Å². The van der Waals surface area contributed by atoms with Crippen LogP contribution in [0.4, 0.5) is 5.13 Å². The number of hydrogen-bond acceptors (Lipinski definition) is 8. The fourth-order valence-electron chi connectivity index (χ4n) is 5.30. The Morgan fingerprint density at radius 2 is 1.79 bits per heavy atom. The minimum Gasteiger partial charge on any atom is -0.505 e. The topological polar surface area (TPSA) is 114 Å². The molecule has 0 radical (unpaired) electrons. The summed E-state index contributed by atoms with van der Waals surface area (Å²) in [6.45, 7) is 9.59. The van der Waals surface area contributed by atoms with Gasteiger partial charge in [0.2, 0.25) is 0 Å². The number of aliphatic hydroxyl groups excluding tert-OH is 1. The number of benzene rings is 1. The van der Waals surface area contributed by atoms with Crippen LogP contribution in [0.15, 0.2) is 48.2 Å². The lowest BCUT2D eigenvalue weighted by molar-refractivity contribution is -0.132. The summed E-state index contributed by atoms with van der Waals surface area (Å²) in [5, 5.41) is 11.9. The van der Waals surface area contributed by atoms with Crippen LogP contribution in [0.2, 0.25) is 0 Å². The first-order valence-corrected chi connectivity index (χ1v) is 14.9. The van der Waals surface area contributed by atoms with Crippen molar-refractivity contribution in [1.82, 2.24) is 14.4 Å². The lowest BCUT2D eigenvalue weighted by Gasteiger charge is -2.23. The third kappa shape index (κ3) is 5.22. The molecule has 10 heteroatoms. The molecule has 9 nitrogen and oxygen atoms in total. The molecule has 218 valence electrons. The molecule has 1 aliphatic heterocycles. The van der Waals surface area contributed by atoms with Gasteiger partial charge >= 0.3 is 5.91 Å². The van der Waals surface area contributed by atoms with Gasteiger partial charge in [0, 0.05) is 13.1 Å². The summed E-state index contributed by atoms with van der Waals surface area (Å²) in [6, 6.07) is 9.96. The van der Waals surface area contributed by atoms with Crippen molar-refractivity contribution in [2.24, 2.45) is 0 Å². The van der Waals surface area contributed by atoms with Crippen LogP contribution < -0.4 is 9.64 Å². The monoisotopic (exact) mass is 586 g/mol. The number of aromatic nitrogens is 3. The molecule has 4 aromatic rings. The highest BCUT2D eigenvalue weighted by Gasteiger charge is 2.48. The fourth-order valence-corrected chi connectivity index (χ4v) is 6.29. The molecule has 1 amide bonds. The number of carbonyl (C=O) groups is 3. The molecule has 1 N–H and O–H groups in total. The highest BCUT2D eigenvalue weighted by atomic mass is 32.1. The van der Waals surface area contributed by atoms with E-state index in [0.717, 1.165) is 42.6 Å². The molecule has 1 aliphatic rings. The van der Waals surface area contributed by atoms with E-state index in [1.807, 2.05) is 29.7 Å². The largest absolute Gasteiger partial charge is 0.505 e. The van der Waals surface area contributed by atoms with Crippen LogP contribution in [0, 0.1) is 20.8 Å². The normalized spacial score (nSPS) is 16.5. The van der Waals surface area contributed by atoms with E-state index in [2.05, 4.69) is 16.9 Å². The first-order chi connectivity index (χ1) is 20.1. The predicted molar refractivity (Wildman–Crippen MR) is 162 cm³/mol. The number of carbonyl (C=O) groups excluding carboxylic acids is 3. The summed E-state index contributed by atoms with van der Waals surface area (Å²) in [7, 11) is 0. The summed E-state index contributed by atoms with van der Waals surface area (Å²) in [4.78, 5) is 50.3. The van der Waals surface area contributed by atoms with Crippen molar-refractivity contribution in [3.63, 3.8) is 0 Å². The van der Waals surface area contributed by atoms with Gasteiger partial charge in [-0.05, 0) is 56.5 Å². The maximum atomic E-state index is 13.6. The molecule has 1 unspecified atom stereocenters. The number of rotatable bonds is 10. The molecule has 42 heavy (non-hydrogen) atoms. The molecule has 3 aromatic heterocycles. The zero-order valence-electron chi connectivity index (χ0n) is 24.4. The first kappa shape index (κ1) is 29.2. The number of anilines is 1. The van der Waals surface area contributed by atoms with Gasteiger partial charge in [0.05, 0.1) is 34.5 Å². The van der Waals surface area contributed by atoms with Crippen LogP contribution in [0.1, 0.15) is 83.5 Å². The lowest BCUT2D eigenvalue weighted by atomic mass is 9.96. The first-order valence-electron chi connectivity index (χ1n) is 14.1. The lowest BCUT2D eigenvalue weighted by Crippen LogP contribution is -2.29. The Morgan fingerprint density at radius 1 is 1.05 bits per heavy atom. The Morgan fingerprint density at radius 3 is 2.43 bits per heavy atom. The molecule has 5 rings (SSSR count). The molecule has 1 atom stereocenters. The van der Waals surface area contributed by atoms with Crippen LogP contribution >= 0.6 is 11.3 Å². The molecule has 1 aromatic carbocycles. The van der Waals surface area contributed by atoms with Crippen LogP contribution in [0.5, 0.6) is 5.75 Å². The van der Waals surface area contributed by atoms with Crippen LogP contribution in [0.3, 0.4) is 0 Å². The second-order valence-corrected chi connectivity index (χ2v) is 11.5. The van der Waals surface area contributed by atoms with Crippen LogP contribution in [0.25, 0.3) is 11.4 Å². The van der Waals surface area contributed by atoms with Gasteiger partial charge in [-0.2, -0.15) is 0 Å². The quantitative estimate of drug-likeness (QED) is 0.0741. The number of fused-ring (bicyclic) bond motifs is 1. The minimum absolute atomic E-state index is 0.0883. The summed E-state index contributed by atoms with van der Waals surface area (Å²) < 4.78 is 7.74.